The van der Waals surface area contributed by atoms with Crippen molar-refractivity contribution in [2.24, 2.45) is 0 Å². The Kier molecular flexibility index (Phi) is 31.3. The number of anilines is 5. The second-order valence-corrected chi connectivity index (χ2v) is 28.3. The third-order valence-corrected chi connectivity index (χ3v) is 17.4. The van der Waals surface area contributed by atoms with E-state index in [0.29, 0.717) is 96.0 Å². The summed E-state index contributed by atoms with van der Waals surface area (Å²) in [7, 11) is 0. The number of amides is 5. The van der Waals surface area contributed by atoms with Gasteiger partial charge < -0.3 is 50.3 Å². The summed E-state index contributed by atoms with van der Waals surface area (Å²) >= 11 is 8.32. The van der Waals surface area contributed by atoms with Crippen LogP contribution >= 0.6 is 34.2 Å². The van der Waals surface area contributed by atoms with Crippen LogP contribution in [0.1, 0.15) is 85.4 Å². The molecule has 0 saturated carbocycles. The highest BCUT2D eigenvalue weighted by Gasteiger charge is 2.32. The Labute approximate surface area is 718 Å². The summed E-state index contributed by atoms with van der Waals surface area (Å²) in [5.41, 5.74) is 8.42. The number of hydrogen-bond acceptors (Lipinski definition) is 16. The number of halogens is 6. The quantitative estimate of drug-likeness (QED) is 0.0351. The summed E-state index contributed by atoms with van der Waals surface area (Å²) in [5, 5.41) is 14.2. The lowest BCUT2D eigenvalue weighted by Crippen LogP contribution is -2.13. The number of benzene rings is 9. The maximum Gasteiger partial charge on any atom is 0.416 e. The summed E-state index contributed by atoms with van der Waals surface area (Å²) < 4.78 is 82.6. The molecule has 122 heavy (non-hydrogen) atoms. The topological polar surface area (TPSA) is 269 Å². The third kappa shape index (κ3) is 28.7. The molecule has 612 valence electrons. The van der Waals surface area contributed by atoms with Crippen LogP contribution in [-0.2, 0) is 6.18 Å². The van der Waals surface area contributed by atoms with E-state index >= 15 is 0 Å². The SMILES string of the molecule is Cc1cccc(C(=O)Nc2cc(Cl)cc(Oc3cccnc3)c2)c1.Cc1cccc(C(=O)Nc2cc(F)cc(Oc3cccnc3)c2)c1.Cc1cccc(C(=O)Nc2cc(I)cc(Oc3cccnc3)c2)c1.Cc1cccc(C(=O)Nc2cc(Oc3cccnc3)cc(C(F)(F)F)c2)c1.Cc1cccc(C(=O)Nc2cccc(Oc3cccnc3)c2)n1. The molecule has 0 aliphatic rings. The molecule has 0 saturated heterocycles. The first-order valence-electron chi connectivity index (χ1n) is 37.2. The molecule has 0 atom stereocenters. The van der Waals surface area contributed by atoms with E-state index in [9.17, 15) is 41.5 Å². The molecule has 9 aromatic carbocycles. The van der Waals surface area contributed by atoms with E-state index in [-0.39, 0.29) is 46.6 Å². The number of hydrogen-bond donors (Lipinski definition) is 5. The van der Waals surface area contributed by atoms with E-state index in [2.05, 4.69) is 79.1 Å². The van der Waals surface area contributed by atoms with Crippen LogP contribution in [0.15, 0.2) is 335 Å². The first kappa shape index (κ1) is 87.8. The van der Waals surface area contributed by atoms with Crippen molar-refractivity contribution in [2.45, 2.75) is 40.8 Å². The van der Waals surface area contributed by atoms with Crippen LogP contribution in [0, 0.1) is 44.0 Å². The lowest BCUT2D eigenvalue weighted by molar-refractivity contribution is -0.137. The van der Waals surface area contributed by atoms with Gasteiger partial charge in [0.15, 0.2) is 0 Å². The molecule has 0 unspecified atom stereocenters. The summed E-state index contributed by atoms with van der Waals surface area (Å²) in [6.45, 7) is 9.47. The Hall–Kier alpha value is -15.0. The largest absolute Gasteiger partial charge is 0.456 e. The molecule has 5 amide bonds. The lowest BCUT2D eigenvalue weighted by Gasteiger charge is -2.14. The first-order chi connectivity index (χ1) is 58.8. The second kappa shape index (κ2) is 43.4. The average Bonchev–Trinajstić information content (AvgIpc) is 0.827. The van der Waals surface area contributed by atoms with Gasteiger partial charge in [-0.1, -0.05) is 94.5 Å². The van der Waals surface area contributed by atoms with Crippen molar-refractivity contribution in [2.75, 3.05) is 26.6 Å². The van der Waals surface area contributed by atoms with E-state index in [1.54, 1.807) is 189 Å². The van der Waals surface area contributed by atoms with Gasteiger partial charge in [0.25, 0.3) is 29.5 Å². The van der Waals surface area contributed by atoms with Crippen molar-refractivity contribution in [1.82, 2.24) is 29.9 Å². The molecule has 21 nitrogen and oxygen atoms in total. The van der Waals surface area contributed by atoms with Crippen molar-refractivity contribution in [3.8, 4) is 57.5 Å². The fourth-order valence-electron chi connectivity index (χ4n) is 11.2. The van der Waals surface area contributed by atoms with E-state index in [1.165, 1.54) is 36.8 Å². The van der Waals surface area contributed by atoms with Crippen LogP contribution in [0.5, 0.6) is 57.5 Å². The van der Waals surface area contributed by atoms with Crippen LogP contribution in [-0.4, -0.2) is 59.4 Å². The van der Waals surface area contributed by atoms with Gasteiger partial charge in [0.1, 0.15) is 69.0 Å². The molecule has 0 aliphatic carbocycles. The number of carbonyl (C=O) groups excluding carboxylic acids is 5. The van der Waals surface area contributed by atoms with Crippen molar-refractivity contribution < 1.29 is 65.2 Å². The molecule has 0 spiro atoms. The maximum absolute atomic E-state index is 13.8. The second-order valence-electron chi connectivity index (χ2n) is 26.7. The van der Waals surface area contributed by atoms with Crippen molar-refractivity contribution >= 4 is 92.2 Å². The fourth-order valence-corrected chi connectivity index (χ4v) is 12.0. The van der Waals surface area contributed by atoms with E-state index in [1.807, 2.05) is 132 Å². The van der Waals surface area contributed by atoms with Crippen LogP contribution < -0.4 is 50.3 Å². The highest BCUT2D eigenvalue weighted by molar-refractivity contribution is 14.1. The summed E-state index contributed by atoms with van der Waals surface area (Å²) in [5.74, 6) is 2.73. The Morgan fingerprint density at radius 2 is 0.648 bits per heavy atom. The van der Waals surface area contributed by atoms with Gasteiger partial charge in [0.05, 0.1) is 36.5 Å². The van der Waals surface area contributed by atoms with Gasteiger partial charge in [-0.05, 0) is 233 Å². The van der Waals surface area contributed by atoms with Crippen molar-refractivity contribution in [1.29, 1.82) is 0 Å². The standard InChI is InChI=1S/C20H15F3N2O2.C19H15ClN2O2.C19H15FN2O2.C19H15IN2O2.C18H15N3O2/c1-13-4-2-5-14(8-13)19(26)25-16-9-15(20(21,22)23)10-18(11-16)27-17-6-3-7-24-12-17;3*1-13-4-2-5-14(8-13)19(23)22-16-9-15(20)10-18(11-16)24-17-6-3-7-21-12-17;1-13-5-2-9-17(20-13)18(22)21-14-6-3-7-15(11-14)23-16-8-4-10-19-12-16/h2-12H,1H3,(H,25,26);3*2-12H,1H3,(H,22,23);2-12H,1H3,(H,21,22). The normalized spacial score (nSPS) is 10.4. The number of rotatable bonds is 20. The maximum atomic E-state index is 13.8. The molecule has 6 aromatic heterocycles. The number of carbonyl (C=O) groups is 5. The van der Waals surface area contributed by atoms with Gasteiger partial charge in [-0.25, -0.2) is 9.37 Å². The minimum Gasteiger partial charge on any atom is -0.456 e. The Morgan fingerprint density at radius 3 is 1.03 bits per heavy atom. The molecule has 0 fully saturated rings. The van der Waals surface area contributed by atoms with Gasteiger partial charge in [0.2, 0.25) is 0 Å². The van der Waals surface area contributed by atoms with Crippen molar-refractivity contribution in [3.05, 3.63) is 411 Å². The van der Waals surface area contributed by atoms with Crippen LogP contribution in [0.25, 0.3) is 0 Å². The zero-order chi connectivity index (χ0) is 86.3. The van der Waals surface area contributed by atoms with Gasteiger partial charge in [-0.15, -0.1) is 0 Å². The van der Waals surface area contributed by atoms with Gasteiger partial charge in [0, 0.05) is 132 Å². The van der Waals surface area contributed by atoms with Crippen LogP contribution in [0.2, 0.25) is 5.02 Å². The minimum absolute atomic E-state index is 0.0183. The van der Waals surface area contributed by atoms with Crippen molar-refractivity contribution in [3.63, 3.8) is 0 Å². The number of ether oxygens (including phenoxy) is 5. The zero-order valence-electron chi connectivity index (χ0n) is 65.8. The van der Waals surface area contributed by atoms with E-state index in [0.717, 1.165) is 43.7 Å². The molecule has 0 aliphatic heterocycles. The average molecular weight is 1770 g/mol. The van der Waals surface area contributed by atoms with Crippen LogP contribution in [0.4, 0.5) is 46.0 Å². The molecule has 0 bridgehead atoms. The van der Waals surface area contributed by atoms with Gasteiger partial charge >= 0.3 is 6.18 Å². The summed E-state index contributed by atoms with van der Waals surface area (Å²) in [6.07, 6.45) is 11.4. The Morgan fingerprint density at radius 1 is 0.320 bits per heavy atom. The van der Waals surface area contributed by atoms with E-state index in [4.69, 9.17) is 35.3 Å². The predicted molar refractivity (Wildman–Crippen MR) is 470 cm³/mol. The third-order valence-electron chi connectivity index (χ3n) is 16.6. The molecule has 15 rings (SSSR count). The number of alkyl halides is 3. The highest BCUT2D eigenvalue weighted by Crippen LogP contribution is 2.37. The number of aryl methyl sites for hydroxylation is 5. The Balaban J connectivity index is 0.000000149. The molecule has 15 aromatic rings. The van der Waals surface area contributed by atoms with Gasteiger partial charge in [-0.3, -0.25) is 48.9 Å². The lowest BCUT2D eigenvalue weighted by atomic mass is 10.1. The zero-order valence-corrected chi connectivity index (χ0v) is 68.7. The first-order valence-corrected chi connectivity index (χ1v) is 38.7. The Bertz CT molecular complexity index is 5750. The molecule has 0 radical (unpaired) electrons. The highest BCUT2D eigenvalue weighted by atomic mass is 127. The van der Waals surface area contributed by atoms with Gasteiger partial charge in [-0.2, -0.15) is 13.2 Å². The number of nitrogens with zero attached hydrogens (tertiary/aromatic N) is 6. The molecule has 5 N–H and O–H groups in total. The predicted octanol–water partition coefficient (Wildman–Crippen LogP) is 24.0. The molecule has 6 heterocycles. The van der Waals surface area contributed by atoms with E-state index < -0.39 is 23.5 Å². The fraction of sp³-hybridized carbons (Fsp3) is 0.0632. The van der Waals surface area contributed by atoms with Crippen LogP contribution in [0.3, 0.4) is 0 Å². The molecular formula is C95H75ClF4IN11O10. The number of pyridine rings is 6. The molecular weight excluding hydrogens is 1690 g/mol. The number of aromatic nitrogens is 6. The monoisotopic (exact) mass is 1770 g/mol. The minimum atomic E-state index is -4.59. The summed E-state index contributed by atoms with van der Waals surface area (Å²) in [4.78, 5) is 85.6. The molecule has 27 heteroatoms. The summed E-state index contributed by atoms with van der Waals surface area (Å²) in [6, 6.07) is 76.5. The number of nitrogens with one attached hydrogen (secondary N) is 5. The smallest absolute Gasteiger partial charge is 0.416 e.